The lowest BCUT2D eigenvalue weighted by Gasteiger charge is -2.34. The third-order valence-electron chi connectivity index (χ3n) is 4.41. The van der Waals surface area contributed by atoms with Crippen molar-refractivity contribution in [2.75, 3.05) is 43.4 Å². The second kappa shape index (κ2) is 7.37. The Morgan fingerprint density at radius 2 is 1.65 bits per heavy atom. The molecule has 0 bridgehead atoms. The van der Waals surface area contributed by atoms with Crippen LogP contribution in [0.5, 0.6) is 0 Å². The fraction of sp³-hybridized carbons (Fsp3) is 0.316. The van der Waals surface area contributed by atoms with Crippen LogP contribution in [0.2, 0.25) is 0 Å². The average molecular weight is 363 g/mol. The molecule has 3 rings (SSSR count). The van der Waals surface area contributed by atoms with E-state index in [1.54, 1.807) is 36.4 Å². The van der Waals surface area contributed by atoms with Crippen molar-refractivity contribution in [2.45, 2.75) is 6.18 Å². The Hall–Kier alpha value is -2.54. The van der Waals surface area contributed by atoms with E-state index in [2.05, 4.69) is 10.2 Å². The van der Waals surface area contributed by atoms with Gasteiger partial charge in [0.05, 0.1) is 5.56 Å². The Balaban J connectivity index is 1.89. The summed E-state index contributed by atoms with van der Waals surface area (Å²) in [6, 6.07) is 12.1. The first-order valence-corrected chi connectivity index (χ1v) is 8.35. The van der Waals surface area contributed by atoms with Crippen molar-refractivity contribution in [3.8, 4) is 0 Å². The van der Waals surface area contributed by atoms with Crippen molar-refractivity contribution < 1.29 is 18.0 Å². The van der Waals surface area contributed by atoms with E-state index in [4.69, 9.17) is 0 Å². The molecule has 2 aromatic carbocycles. The first-order chi connectivity index (χ1) is 12.3. The minimum Gasteiger partial charge on any atom is -0.369 e. The Kier molecular flexibility index (Phi) is 5.18. The number of hydrogen-bond acceptors (Lipinski definition) is 3. The van der Waals surface area contributed by atoms with Gasteiger partial charge in [-0.3, -0.25) is 4.79 Å². The number of nitrogens with one attached hydrogen (secondary N) is 1. The lowest BCUT2D eigenvalue weighted by molar-refractivity contribution is -0.137. The number of benzene rings is 2. The van der Waals surface area contributed by atoms with Crippen LogP contribution in [0, 0.1) is 0 Å². The topological polar surface area (TPSA) is 35.6 Å². The predicted molar refractivity (Wildman–Crippen MR) is 95.5 cm³/mol. The summed E-state index contributed by atoms with van der Waals surface area (Å²) in [6.45, 7) is 2.84. The van der Waals surface area contributed by atoms with Crippen LogP contribution in [-0.2, 0) is 6.18 Å². The summed E-state index contributed by atoms with van der Waals surface area (Å²) in [5.74, 6) is -0.436. The van der Waals surface area contributed by atoms with Crippen molar-refractivity contribution in [2.24, 2.45) is 0 Å². The summed E-state index contributed by atoms with van der Waals surface area (Å²) < 4.78 is 39.9. The maximum Gasteiger partial charge on any atom is 0.416 e. The van der Waals surface area contributed by atoms with E-state index in [0.29, 0.717) is 24.3 Å². The fourth-order valence-electron chi connectivity index (χ4n) is 2.89. The third-order valence-corrected chi connectivity index (χ3v) is 4.41. The van der Waals surface area contributed by atoms with Crippen LogP contribution < -0.4 is 10.2 Å². The SMILES string of the molecule is CN1CCN(c2cc(NC(=O)c3ccccc3)cc(C(F)(F)F)c2)CC1. The Bertz CT molecular complexity index is 769. The molecule has 4 nitrogen and oxygen atoms in total. The Morgan fingerprint density at radius 3 is 2.27 bits per heavy atom. The normalized spacial score (nSPS) is 15.8. The lowest BCUT2D eigenvalue weighted by atomic mass is 10.1. The Labute approximate surface area is 150 Å². The highest BCUT2D eigenvalue weighted by Crippen LogP contribution is 2.35. The molecular formula is C19H20F3N3O. The second-order valence-electron chi connectivity index (χ2n) is 6.38. The molecule has 1 aliphatic rings. The zero-order chi connectivity index (χ0) is 18.7. The van der Waals surface area contributed by atoms with Crippen molar-refractivity contribution >= 4 is 17.3 Å². The van der Waals surface area contributed by atoms with Gasteiger partial charge in [-0.1, -0.05) is 18.2 Å². The molecule has 0 aromatic heterocycles. The molecule has 0 spiro atoms. The van der Waals surface area contributed by atoms with Crippen molar-refractivity contribution in [1.29, 1.82) is 0 Å². The highest BCUT2D eigenvalue weighted by molar-refractivity contribution is 6.04. The molecule has 0 saturated carbocycles. The molecular weight excluding hydrogens is 343 g/mol. The summed E-state index contributed by atoms with van der Waals surface area (Å²) in [7, 11) is 1.98. The summed E-state index contributed by atoms with van der Waals surface area (Å²) in [6.07, 6.45) is -4.48. The third kappa shape index (κ3) is 4.35. The molecule has 1 fully saturated rings. The number of amides is 1. The molecule has 2 aromatic rings. The highest BCUT2D eigenvalue weighted by atomic mass is 19.4. The molecule has 1 aliphatic heterocycles. The number of carbonyl (C=O) groups is 1. The summed E-state index contributed by atoms with van der Waals surface area (Å²) in [5.41, 5.74) is 0.238. The molecule has 1 heterocycles. The van der Waals surface area contributed by atoms with Gasteiger partial charge in [-0.05, 0) is 37.4 Å². The number of anilines is 2. The van der Waals surface area contributed by atoms with Crippen LogP contribution in [0.1, 0.15) is 15.9 Å². The average Bonchev–Trinajstić information content (AvgIpc) is 2.62. The highest BCUT2D eigenvalue weighted by Gasteiger charge is 2.32. The van der Waals surface area contributed by atoms with E-state index in [-0.39, 0.29) is 5.69 Å². The minimum atomic E-state index is -4.48. The number of halogens is 3. The van der Waals surface area contributed by atoms with Gasteiger partial charge in [0, 0.05) is 43.1 Å². The molecule has 0 radical (unpaired) electrons. The first kappa shape index (κ1) is 18.3. The van der Waals surface area contributed by atoms with Gasteiger partial charge in [-0.2, -0.15) is 13.2 Å². The molecule has 7 heteroatoms. The lowest BCUT2D eigenvalue weighted by Crippen LogP contribution is -2.44. The number of carbonyl (C=O) groups excluding carboxylic acids is 1. The number of nitrogens with zero attached hydrogens (tertiary/aromatic N) is 2. The monoisotopic (exact) mass is 363 g/mol. The second-order valence-corrected chi connectivity index (χ2v) is 6.38. The van der Waals surface area contributed by atoms with E-state index < -0.39 is 17.6 Å². The van der Waals surface area contributed by atoms with Crippen LogP contribution in [-0.4, -0.2) is 44.0 Å². The van der Waals surface area contributed by atoms with Gasteiger partial charge in [0.15, 0.2) is 0 Å². The van der Waals surface area contributed by atoms with Crippen LogP contribution >= 0.6 is 0 Å². The Morgan fingerprint density at radius 1 is 1.00 bits per heavy atom. The van der Waals surface area contributed by atoms with Gasteiger partial charge < -0.3 is 15.1 Å². The molecule has 1 saturated heterocycles. The number of piperazine rings is 1. The largest absolute Gasteiger partial charge is 0.416 e. The number of alkyl halides is 3. The van der Waals surface area contributed by atoms with E-state index in [1.807, 2.05) is 11.9 Å². The predicted octanol–water partition coefficient (Wildman–Crippen LogP) is 3.71. The summed E-state index contributed by atoms with van der Waals surface area (Å²) in [5, 5.41) is 2.58. The van der Waals surface area contributed by atoms with Crippen LogP contribution in [0.25, 0.3) is 0 Å². The van der Waals surface area contributed by atoms with E-state index in [1.165, 1.54) is 0 Å². The molecule has 1 N–H and O–H groups in total. The number of likely N-dealkylation sites (N-methyl/N-ethyl adjacent to an activating group) is 1. The van der Waals surface area contributed by atoms with E-state index in [0.717, 1.165) is 25.2 Å². The van der Waals surface area contributed by atoms with Crippen LogP contribution in [0.15, 0.2) is 48.5 Å². The number of hydrogen-bond donors (Lipinski definition) is 1. The van der Waals surface area contributed by atoms with Gasteiger partial charge in [-0.15, -0.1) is 0 Å². The molecule has 0 unspecified atom stereocenters. The molecule has 26 heavy (non-hydrogen) atoms. The first-order valence-electron chi connectivity index (χ1n) is 8.35. The molecule has 138 valence electrons. The number of rotatable bonds is 3. The molecule has 0 atom stereocenters. The molecule has 1 amide bonds. The summed E-state index contributed by atoms with van der Waals surface area (Å²) >= 11 is 0. The maximum absolute atomic E-state index is 13.3. The fourth-order valence-corrected chi connectivity index (χ4v) is 2.89. The van der Waals surface area contributed by atoms with Crippen molar-refractivity contribution in [3.05, 3.63) is 59.7 Å². The standard InChI is InChI=1S/C19H20F3N3O/c1-24-7-9-25(10-8-24)17-12-15(19(20,21)22)11-16(13-17)23-18(26)14-5-3-2-4-6-14/h2-6,11-13H,7-10H2,1H3,(H,23,26). The van der Waals surface area contributed by atoms with Crippen molar-refractivity contribution in [3.63, 3.8) is 0 Å². The maximum atomic E-state index is 13.3. The van der Waals surface area contributed by atoms with Crippen LogP contribution in [0.4, 0.5) is 24.5 Å². The molecule has 0 aliphatic carbocycles. The van der Waals surface area contributed by atoms with Gasteiger partial charge in [0.2, 0.25) is 0 Å². The minimum absolute atomic E-state index is 0.141. The van der Waals surface area contributed by atoms with Gasteiger partial charge in [-0.25, -0.2) is 0 Å². The zero-order valence-electron chi connectivity index (χ0n) is 14.4. The summed E-state index contributed by atoms with van der Waals surface area (Å²) in [4.78, 5) is 16.3. The van der Waals surface area contributed by atoms with Gasteiger partial charge in [0.1, 0.15) is 0 Å². The van der Waals surface area contributed by atoms with Gasteiger partial charge in [0.25, 0.3) is 5.91 Å². The zero-order valence-corrected chi connectivity index (χ0v) is 14.4. The van der Waals surface area contributed by atoms with E-state index in [9.17, 15) is 18.0 Å². The quantitative estimate of drug-likeness (QED) is 0.903. The van der Waals surface area contributed by atoms with E-state index >= 15 is 0 Å². The van der Waals surface area contributed by atoms with Crippen LogP contribution in [0.3, 0.4) is 0 Å². The smallest absolute Gasteiger partial charge is 0.369 e. The van der Waals surface area contributed by atoms with Gasteiger partial charge >= 0.3 is 6.18 Å². The van der Waals surface area contributed by atoms with Crippen molar-refractivity contribution in [1.82, 2.24) is 4.90 Å².